The van der Waals surface area contributed by atoms with E-state index < -0.39 is 35.3 Å². The first-order chi connectivity index (χ1) is 22.1. The largest absolute Gasteiger partial charge is 0.490 e. The normalized spacial score (nSPS) is 21.2. The molecule has 0 bridgehead atoms. The number of alkyl carbamates (subject to hydrolysis) is 1. The molecule has 3 aromatic rings. The standard InChI is InChI=1S/C32H42F2N8O4/c1-32(2,3)45-31(43)37-27-18-42(17-25(27)24-14-22(33)6-7-26(24)34)29-35-15-23(16-36-29)44-20-21-8-12-41(13-9-21)30-38-28(46-39-30)19-40-10-4-5-11-40/h6-7,14-16,21,25,27H,4-5,8-13,17-20H2,1-3H3,(H,37,43)/t25-,27+/m1/s1. The van der Waals surface area contributed by atoms with E-state index >= 15 is 0 Å². The smallest absolute Gasteiger partial charge is 0.407 e. The number of piperidine rings is 1. The van der Waals surface area contributed by atoms with Crippen LogP contribution < -0.4 is 19.9 Å². The highest BCUT2D eigenvalue weighted by Crippen LogP contribution is 2.32. The second kappa shape index (κ2) is 13.7. The minimum atomic E-state index is -0.705. The summed E-state index contributed by atoms with van der Waals surface area (Å²) in [5.41, 5.74) is -0.528. The van der Waals surface area contributed by atoms with Crippen LogP contribution in [0.25, 0.3) is 0 Å². The number of hydrogen-bond donors (Lipinski definition) is 1. The van der Waals surface area contributed by atoms with E-state index in [4.69, 9.17) is 14.0 Å². The summed E-state index contributed by atoms with van der Waals surface area (Å²) in [6.45, 7) is 10.9. The molecule has 14 heteroatoms. The molecule has 2 atom stereocenters. The number of rotatable bonds is 9. The predicted octanol–water partition coefficient (Wildman–Crippen LogP) is 4.53. The molecule has 12 nitrogen and oxygen atoms in total. The molecule has 0 radical (unpaired) electrons. The van der Waals surface area contributed by atoms with Crippen molar-refractivity contribution < 1.29 is 27.6 Å². The molecule has 5 heterocycles. The van der Waals surface area contributed by atoms with Crippen LogP contribution in [0.3, 0.4) is 0 Å². The van der Waals surface area contributed by atoms with Crippen molar-refractivity contribution in [1.29, 1.82) is 0 Å². The maximum absolute atomic E-state index is 14.8. The lowest BCUT2D eigenvalue weighted by Crippen LogP contribution is -2.43. The van der Waals surface area contributed by atoms with E-state index in [9.17, 15) is 13.6 Å². The van der Waals surface area contributed by atoms with Crippen LogP contribution in [0.15, 0.2) is 35.1 Å². The summed E-state index contributed by atoms with van der Waals surface area (Å²) < 4.78 is 45.9. The van der Waals surface area contributed by atoms with Crippen molar-refractivity contribution in [3.8, 4) is 5.75 Å². The topological polar surface area (TPSA) is 122 Å². The number of amides is 1. The summed E-state index contributed by atoms with van der Waals surface area (Å²) in [4.78, 5) is 32.5. The summed E-state index contributed by atoms with van der Waals surface area (Å²) >= 11 is 0. The van der Waals surface area contributed by atoms with Gasteiger partial charge >= 0.3 is 6.09 Å². The monoisotopic (exact) mass is 640 g/mol. The number of likely N-dealkylation sites (tertiary alicyclic amines) is 1. The molecule has 248 valence electrons. The molecule has 1 amide bonds. The molecule has 3 saturated heterocycles. The van der Waals surface area contributed by atoms with Gasteiger partial charge in [0.25, 0.3) is 5.95 Å². The van der Waals surface area contributed by atoms with Crippen LogP contribution in [-0.2, 0) is 11.3 Å². The van der Waals surface area contributed by atoms with Crippen molar-refractivity contribution in [3.05, 3.63) is 53.7 Å². The Morgan fingerprint density at radius 3 is 2.48 bits per heavy atom. The number of carbonyl (C=O) groups excluding carboxylic acids is 1. The molecule has 0 spiro atoms. The van der Waals surface area contributed by atoms with E-state index in [1.807, 2.05) is 4.90 Å². The zero-order chi connectivity index (χ0) is 32.3. The lowest BCUT2D eigenvalue weighted by Gasteiger charge is -2.30. The summed E-state index contributed by atoms with van der Waals surface area (Å²) in [6, 6.07) is 2.79. The molecular weight excluding hydrogens is 598 g/mol. The Balaban J connectivity index is 1.01. The summed E-state index contributed by atoms with van der Waals surface area (Å²) in [5.74, 6) is 1.01. The van der Waals surface area contributed by atoms with Gasteiger partial charge in [-0.15, -0.1) is 0 Å². The van der Waals surface area contributed by atoms with Gasteiger partial charge in [0.1, 0.15) is 17.2 Å². The van der Waals surface area contributed by atoms with Crippen LogP contribution in [0.5, 0.6) is 5.75 Å². The first-order valence-electron chi connectivity index (χ1n) is 16.0. The van der Waals surface area contributed by atoms with E-state index in [1.165, 1.54) is 18.9 Å². The van der Waals surface area contributed by atoms with Gasteiger partial charge < -0.3 is 29.1 Å². The average Bonchev–Trinajstić information content (AvgIpc) is 3.80. The molecule has 3 fully saturated rings. The van der Waals surface area contributed by atoms with E-state index in [-0.39, 0.29) is 12.1 Å². The SMILES string of the molecule is CC(C)(C)OC(=O)N[C@H]1CN(c2ncc(OCC3CCN(c4noc(CN5CCCC5)n4)CC3)cn2)C[C@@H]1c1cc(F)ccc1F. The number of nitrogens with one attached hydrogen (secondary N) is 1. The Morgan fingerprint density at radius 2 is 1.76 bits per heavy atom. The Hall–Kier alpha value is -4.07. The van der Waals surface area contributed by atoms with E-state index in [0.29, 0.717) is 49.2 Å². The van der Waals surface area contributed by atoms with Gasteiger partial charge in [-0.05, 0) is 94.4 Å². The lowest BCUT2D eigenvalue weighted by atomic mass is 9.94. The van der Waals surface area contributed by atoms with E-state index in [2.05, 4.69) is 35.2 Å². The number of aromatic nitrogens is 4. The Bertz CT molecular complexity index is 1470. The van der Waals surface area contributed by atoms with Crippen molar-refractivity contribution in [1.82, 2.24) is 30.3 Å². The zero-order valence-electron chi connectivity index (χ0n) is 26.6. The lowest BCUT2D eigenvalue weighted by molar-refractivity contribution is 0.0504. The quantitative estimate of drug-likeness (QED) is 0.355. The van der Waals surface area contributed by atoms with Crippen LogP contribution in [0.1, 0.15) is 63.8 Å². The molecule has 0 unspecified atom stereocenters. The molecule has 0 aliphatic carbocycles. The number of benzene rings is 1. The minimum Gasteiger partial charge on any atom is -0.490 e. The molecule has 0 saturated carbocycles. The van der Waals surface area contributed by atoms with Crippen molar-refractivity contribution in [2.75, 3.05) is 55.7 Å². The summed E-state index contributed by atoms with van der Waals surface area (Å²) in [5, 5.41) is 7.04. The third-order valence-electron chi connectivity index (χ3n) is 8.67. The average molecular weight is 641 g/mol. The maximum atomic E-state index is 14.8. The number of anilines is 2. The van der Waals surface area contributed by atoms with E-state index in [1.54, 1.807) is 33.2 Å². The van der Waals surface area contributed by atoms with Crippen molar-refractivity contribution >= 4 is 18.0 Å². The first-order valence-corrected chi connectivity index (χ1v) is 16.0. The highest BCUT2D eigenvalue weighted by molar-refractivity contribution is 5.68. The number of halogens is 2. The van der Waals surface area contributed by atoms with Gasteiger partial charge in [0.2, 0.25) is 11.8 Å². The van der Waals surface area contributed by atoms with Crippen molar-refractivity contribution in [2.24, 2.45) is 5.92 Å². The number of ether oxygens (including phenoxy) is 2. The van der Waals surface area contributed by atoms with Gasteiger partial charge in [-0.3, -0.25) is 4.90 Å². The molecular formula is C32H42F2N8O4. The Labute approximate surface area is 267 Å². The number of carbonyl (C=O) groups is 1. The summed E-state index contributed by atoms with van der Waals surface area (Å²) in [7, 11) is 0. The van der Waals surface area contributed by atoms with Gasteiger partial charge in [-0.2, -0.15) is 4.98 Å². The third kappa shape index (κ3) is 8.01. The molecule has 3 aliphatic heterocycles. The van der Waals surface area contributed by atoms with Gasteiger partial charge in [-0.25, -0.2) is 23.5 Å². The number of hydrogen-bond acceptors (Lipinski definition) is 11. The van der Waals surface area contributed by atoms with E-state index in [0.717, 1.165) is 51.2 Å². The number of nitrogens with zero attached hydrogens (tertiary/aromatic N) is 7. The van der Waals surface area contributed by atoms with Gasteiger partial charge in [0, 0.05) is 32.1 Å². The maximum Gasteiger partial charge on any atom is 0.407 e. The second-order valence-electron chi connectivity index (χ2n) is 13.4. The molecule has 1 N–H and O–H groups in total. The molecule has 6 rings (SSSR count). The Morgan fingerprint density at radius 1 is 1.02 bits per heavy atom. The highest BCUT2D eigenvalue weighted by Gasteiger charge is 2.38. The van der Waals surface area contributed by atoms with Crippen molar-refractivity contribution in [2.45, 2.75) is 70.6 Å². The zero-order valence-corrected chi connectivity index (χ0v) is 26.6. The fraction of sp³-hybridized carbons (Fsp3) is 0.594. The summed E-state index contributed by atoms with van der Waals surface area (Å²) in [6.07, 6.45) is 6.93. The molecule has 2 aromatic heterocycles. The first kappa shape index (κ1) is 31.9. The van der Waals surface area contributed by atoms with Gasteiger partial charge in [-0.1, -0.05) is 0 Å². The van der Waals surface area contributed by atoms with Crippen molar-refractivity contribution in [3.63, 3.8) is 0 Å². The molecule has 3 aliphatic rings. The highest BCUT2D eigenvalue weighted by atomic mass is 19.1. The van der Waals surface area contributed by atoms with Crippen LogP contribution >= 0.6 is 0 Å². The fourth-order valence-corrected chi connectivity index (χ4v) is 6.32. The third-order valence-corrected chi connectivity index (χ3v) is 8.67. The van der Waals surface area contributed by atoms with Crippen LogP contribution in [0, 0.1) is 17.6 Å². The van der Waals surface area contributed by atoms with Crippen LogP contribution in [0.4, 0.5) is 25.5 Å². The minimum absolute atomic E-state index is 0.177. The van der Waals surface area contributed by atoms with Crippen LogP contribution in [0.2, 0.25) is 0 Å². The second-order valence-corrected chi connectivity index (χ2v) is 13.4. The Kier molecular flexibility index (Phi) is 9.52. The van der Waals surface area contributed by atoms with Gasteiger partial charge in [0.15, 0.2) is 5.75 Å². The predicted molar refractivity (Wildman–Crippen MR) is 166 cm³/mol. The molecule has 46 heavy (non-hydrogen) atoms. The fourth-order valence-electron chi connectivity index (χ4n) is 6.32. The van der Waals surface area contributed by atoms with Crippen LogP contribution in [-0.4, -0.2) is 88.6 Å². The van der Waals surface area contributed by atoms with Gasteiger partial charge in [0.05, 0.1) is 31.6 Å². The molecule has 1 aromatic carbocycles.